The Morgan fingerprint density at radius 3 is 2.56 bits per heavy atom. The van der Waals surface area contributed by atoms with E-state index in [4.69, 9.17) is 0 Å². The van der Waals surface area contributed by atoms with Gasteiger partial charge in [-0.15, -0.1) is 4.40 Å². The van der Waals surface area contributed by atoms with Crippen LogP contribution in [-0.2, 0) is 14.8 Å². The third-order valence-electron chi connectivity index (χ3n) is 5.62. The van der Waals surface area contributed by atoms with Crippen molar-refractivity contribution in [1.82, 2.24) is 0 Å². The molecule has 1 amide bonds. The fraction of sp³-hybridized carbons (Fsp3) is 0.185. The molecule has 0 fully saturated rings. The van der Waals surface area contributed by atoms with Gasteiger partial charge in [-0.2, -0.15) is 8.42 Å². The summed E-state index contributed by atoms with van der Waals surface area (Å²) in [6.07, 6.45) is 5.54. The van der Waals surface area contributed by atoms with Crippen LogP contribution in [0.3, 0.4) is 0 Å². The number of nitrogens with zero attached hydrogens (tertiary/aromatic N) is 2. The molecule has 0 aromatic heterocycles. The van der Waals surface area contributed by atoms with Crippen LogP contribution in [0.5, 0.6) is 0 Å². The molecule has 174 valence electrons. The molecule has 7 heteroatoms. The van der Waals surface area contributed by atoms with E-state index in [0.29, 0.717) is 17.9 Å². The molecule has 0 unspecified atom stereocenters. The summed E-state index contributed by atoms with van der Waals surface area (Å²) in [7, 11) is -3.78. The number of sulfonamides is 1. The lowest BCUT2D eigenvalue weighted by Crippen LogP contribution is -2.33. The largest absolute Gasteiger partial charge is 0.342 e. The second-order valence-electron chi connectivity index (χ2n) is 8.99. The molecule has 0 aliphatic carbocycles. The number of amides is 1. The molecule has 6 nitrogen and oxygen atoms in total. The summed E-state index contributed by atoms with van der Waals surface area (Å²) >= 11 is 0. The molecule has 0 saturated carbocycles. The average molecular weight is 474 g/mol. The van der Waals surface area contributed by atoms with E-state index >= 15 is 0 Å². The summed E-state index contributed by atoms with van der Waals surface area (Å²) in [6, 6.07) is 20.4. The van der Waals surface area contributed by atoms with Crippen molar-refractivity contribution in [2.75, 3.05) is 10.2 Å². The van der Waals surface area contributed by atoms with Gasteiger partial charge in [0, 0.05) is 24.4 Å². The Balaban J connectivity index is 1.60. The molecule has 0 bridgehead atoms. The Hall–Kier alpha value is -3.71. The fourth-order valence-corrected chi connectivity index (χ4v) is 5.26. The van der Waals surface area contributed by atoms with E-state index in [2.05, 4.69) is 16.3 Å². The number of allylic oxidation sites excluding steroid dienone is 2. The van der Waals surface area contributed by atoms with E-state index in [0.717, 1.165) is 16.5 Å². The van der Waals surface area contributed by atoms with Crippen molar-refractivity contribution in [2.24, 2.45) is 9.81 Å². The smallest absolute Gasteiger partial charge is 0.286 e. The molecule has 0 radical (unpaired) electrons. The van der Waals surface area contributed by atoms with Gasteiger partial charge in [0.25, 0.3) is 10.0 Å². The minimum atomic E-state index is -3.78. The summed E-state index contributed by atoms with van der Waals surface area (Å²) in [5.74, 6) is 0.217. The fourth-order valence-electron chi connectivity index (χ4n) is 4.12. The van der Waals surface area contributed by atoms with Gasteiger partial charge >= 0.3 is 0 Å². The molecule has 0 saturated heterocycles. The number of benzene rings is 3. The second-order valence-corrected chi connectivity index (χ2v) is 10.6. The van der Waals surface area contributed by atoms with E-state index < -0.39 is 15.4 Å². The standard InChI is InChI=1S/C27H27N3O3S/c1-4-5-17-30(23-15-10-12-20-11-6-7-13-21(20)23)26(31)19-27(2,3)18-25-28-22-14-8-9-16-24(22)34(32,33)29-25/h4-17H,1,18-19H2,2-3H3,(H,28,29). The van der Waals surface area contributed by atoms with E-state index in [1.165, 1.54) is 6.07 Å². The maximum atomic E-state index is 13.5. The van der Waals surface area contributed by atoms with Gasteiger partial charge in [0.1, 0.15) is 10.7 Å². The molecule has 3 aromatic rings. The molecular weight excluding hydrogens is 446 g/mol. The highest BCUT2D eigenvalue weighted by molar-refractivity contribution is 7.90. The van der Waals surface area contributed by atoms with Crippen LogP contribution < -0.4 is 10.2 Å². The van der Waals surface area contributed by atoms with Gasteiger partial charge < -0.3 is 5.32 Å². The molecule has 1 aliphatic heterocycles. The normalized spacial score (nSPS) is 14.8. The molecular formula is C27H27N3O3S. The Morgan fingerprint density at radius 1 is 1.06 bits per heavy atom. The molecule has 1 aliphatic rings. The third-order valence-corrected chi connectivity index (χ3v) is 6.99. The van der Waals surface area contributed by atoms with E-state index in [9.17, 15) is 13.2 Å². The number of hydrogen-bond acceptors (Lipinski definition) is 4. The molecule has 3 aromatic carbocycles. The Morgan fingerprint density at radius 2 is 1.76 bits per heavy atom. The zero-order chi connectivity index (χ0) is 24.3. The van der Waals surface area contributed by atoms with Gasteiger partial charge in [-0.25, -0.2) is 0 Å². The maximum Gasteiger partial charge on any atom is 0.286 e. The predicted molar refractivity (Wildman–Crippen MR) is 138 cm³/mol. The number of carbonyl (C=O) groups excluding carboxylic acids is 1. The number of hydrogen-bond donors (Lipinski definition) is 1. The van der Waals surface area contributed by atoms with Gasteiger partial charge in [0.05, 0.1) is 11.4 Å². The maximum absolute atomic E-state index is 13.5. The SMILES string of the molecule is C=CC=CN(C(=O)CC(C)(C)CC1=NS(=O)(=O)c2ccccc2N1)c1cccc2ccccc12. The van der Waals surface area contributed by atoms with Gasteiger partial charge in [0.15, 0.2) is 0 Å². The highest BCUT2D eigenvalue weighted by atomic mass is 32.2. The summed E-state index contributed by atoms with van der Waals surface area (Å²) in [6.45, 7) is 7.59. The Kier molecular flexibility index (Phi) is 6.39. The van der Waals surface area contributed by atoms with Crippen molar-refractivity contribution < 1.29 is 13.2 Å². The van der Waals surface area contributed by atoms with Crippen molar-refractivity contribution in [3.63, 3.8) is 0 Å². The quantitative estimate of drug-likeness (QED) is 0.434. The van der Waals surface area contributed by atoms with E-state index in [1.807, 2.05) is 56.3 Å². The topological polar surface area (TPSA) is 78.8 Å². The van der Waals surface area contributed by atoms with E-state index in [1.54, 1.807) is 41.5 Å². The second kappa shape index (κ2) is 9.27. The number of fused-ring (bicyclic) bond motifs is 2. The first kappa shape index (κ1) is 23.4. The lowest BCUT2D eigenvalue weighted by Gasteiger charge is -2.29. The van der Waals surface area contributed by atoms with Crippen LogP contribution in [0.1, 0.15) is 26.7 Å². The van der Waals surface area contributed by atoms with Crippen LogP contribution in [0.2, 0.25) is 0 Å². The first-order valence-corrected chi connectivity index (χ1v) is 12.4. The Bertz CT molecular complexity index is 1420. The monoisotopic (exact) mass is 473 g/mol. The zero-order valence-corrected chi connectivity index (χ0v) is 20.0. The van der Waals surface area contributed by atoms with Gasteiger partial charge in [-0.3, -0.25) is 9.69 Å². The molecule has 4 rings (SSSR count). The van der Waals surface area contributed by atoms with Crippen LogP contribution >= 0.6 is 0 Å². The van der Waals surface area contributed by atoms with Gasteiger partial charge in [0.2, 0.25) is 5.91 Å². The number of amidine groups is 1. The molecule has 0 spiro atoms. The van der Waals surface area contributed by atoms with Crippen molar-refractivity contribution in [2.45, 2.75) is 31.6 Å². The zero-order valence-electron chi connectivity index (χ0n) is 19.2. The Labute approximate surface area is 200 Å². The van der Waals surface area contributed by atoms with Crippen molar-refractivity contribution >= 4 is 43.9 Å². The molecule has 34 heavy (non-hydrogen) atoms. The van der Waals surface area contributed by atoms with Crippen LogP contribution in [0, 0.1) is 5.41 Å². The lowest BCUT2D eigenvalue weighted by atomic mass is 9.84. The summed E-state index contributed by atoms with van der Waals surface area (Å²) < 4.78 is 29.2. The first-order valence-electron chi connectivity index (χ1n) is 11.0. The summed E-state index contributed by atoms with van der Waals surface area (Å²) in [5, 5.41) is 5.12. The number of carbonyl (C=O) groups is 1. The average Bonchev–Trinajstić information content (AvgIpc) is 2.78. The number of para-hydroxylation sites is 1. The minimum absolute atomic E-state index is 0.112. The van der Waals surface area contributed by atoms with Crippen LogP contribution in [-0.4, -0.2) is 20.2 Å². The van der Waals surface area contributed by atoms with Crippen molar-refractivity contribution in [3.05, 3.63) is 91.7 Å². The van der Waals surface area contributed by atoms with Crippen LogP contribution in [0.15, 0.2) is 101 Å². The number of rotatable bonds is 7. The van der Waals surface area contributed by atoms with Gasteiger partial charge in [-0.05, 0) is 35.1 Å². The number of nitrogens with one attached hydrogen (secondary N) is 1. The van der Waals surface area contributed by atoms with E-state index in [-0.39, 0.29) is 17.2 Å². The minimum Gasteiger partial charge on any atom is -0.342 e. The summed E-state index contributed by atoms with van der Waals surface area (Å²) in [5.41, 5.74) is 0.720. The third kappa shape index (κ3) is 4.94. The van der Waals surface area contributed by atoms with Crippen molar-refractivity contribution in [1.29, 1.82) is 0 Å². The van der Waals surface area contributed by atoms with Gasteiger partial charge in [-0.1, -0.05) is 75.0 Å². The molecule has 1 heterocycles. The molecule has 0 atom stereocenters. The number of anilines is 2. The highest BCUT2D eigenvalue weighted by Crippen LogP contribution is 2.34. The summed E-state index contributed by atoms with van der Waals surface area (Å²) in [4.78, 5) is 15.3. The van der Waals surface area contributed by atoms with Crippen LogP contribution in [0.25, 0.3) is 10.8 Å². The molecule has 1 N–H and O–H groups in total. The highest BCUT2D eigenvalue weighted by Gasteiger charge is 2.31. The first-order chi connectivity index (χ1) is 16.2. The predicted octanol–water partition coefficient (Wildman–Crippen LogP) is 5.89. The van der Waals surface area contributed by atoms with Crippen molar-refractivity contribution in [3.8, 4) is 0 Å². The lowest BCUT2D eigenvalue weighted by molar-refractivity contribution is -0.119. The van der Waals surface area contributed by atoms with Crippen LogP contribution in [0.4, 0.5) is 11.4 Å².